The molecule has 0 amide bonds. The number of aromatic nitrogens is 2. The third-order valence-electron chi connectivity index (χ3n) is 3.41. The first-order chi connectivity index (χ1) is 9.77. The van der Waals surface area contributed by atoms with Gasteiger partial charge in [0.05, 0.1) is 5.69 Å². The van der Waals surface area contributed by atoms with Crippen LogP contribution in [0.3, 0.4) is 0 Å². The van der Waals surface area contributed by atoms with E-state index in [1.165, 1.54) is 22.2 Å². The maximum Gasteiger partial charge on any atom is 0.269 e. The average Bonchev–Trinajstić information content (AvgIpc) is 2.80. The number of rotatable bonds is 4. The molecule has 2 aromatic rings. The van der Waals surface area contributed by atoms with Gasteiger partial charge < -0.3 is 5.73 Å². The normalized spacial score (nSPS) is 11.6. The van der Waals surface area contributed by atoms with Gasteiger partial charge in [-0.25, -0.2) is 8.42 Å². The van der Waals surface area contributed by atoms with Crippen LogP contribution in [0.25, 0.3) is 0 Å². The third kappa shape index (κ3) is 2.73. The summed E-state index contributed by atoms with van der Waals surface area (Å²) in [7, 11) is -2.20. The van der Waals surface area contributed by atoms with Crippen LogP contribution in [0, 0.1) is 13.8 Å². The zero-order chi connectivity index (χ0) is 15.8. The molecule has 21 heavy (non-hydrogen) atoms. The molecule has 0 aliphatic rings. The van der Waals surface area contributed by atoms with Crippen molar-refractivity contribution in [3.63, 3.8) is 0 Å². The molecule has 0 aliphatic heterocycles. The highest BCUT2D eigenvalue weighted by Gasteiger charge is 2.27. The second-order valence-electron chi connectivity index (χ2n) is 5.00. The van der Waals surface area contributed by atoms with Crippen LogP contribution in [-0.4, -0.2) is 25.2 Å². The number of aryl methyl sites for hydroxylation is 3. The van der Waals surface area contributed by atoms with Crippen LogP contribution in [0.5, 0.6) is 0 Å². The molecule has 0 unspecified atom stereocenters. The van der Waals surface area contributed by atoms with E-state index in [0.717, 1.165) is 11.1 Å². The van der Waals surface area contributed by atoms with Gasteiger partial charge >= 0.3 is 0 Å². The van der Waals surface area contributed by atoms with E-state index in [1.807, 2.05) is 32.9 Å². The Morgan fingerprint density at radius 2 is 2.00 bits per heavy atom. The summed E-state index contributed by atoms with van der Waals surface area (Å²) in [5, 5.41) is 4.00. The summed E-state index contributed by atoms with van der Waals surface area (Å²) in [6, 6.07) is 5.62. The number of anilines is 2. The molecule has 0 aliphatic carbocycles. The van der Waals surface area contributed by atoms with Crippen LogP contribution in [0.15, 0.2) is 29.3 Å². The first kappa shape index (κ1) is 15.4. The lowest BCUT2D eigenvalue weighted by Crippen LogP contribution is -2.27. The lowest BCUT2D eigenvalue weighted by molar-refractivity contribution is 0.594. The second-order valence-corrected chi connectivity index (χ2v) is 6.93. The molecule has 1 aromatic heterocycles. The Morgan fingerprint density at radius 1 is 1.33 bits per heavy atom. The third-order valence-corrected chi connectivity index (χ3v) is 5.20. The number of nitrogen functional groups attached to an aromatic ring is 1. The molecule has 2 N–H and O–H groups in total. The van der Waals surface area contributed by atoms with Gasteiger partial charge in [-0.05, 0) is 32.4 Å². The Hall–Kier alpha value is -2.02. The highest BCUT2D eigenvalue weighted by atomic mass is 32.2. The lowest BCUT2D eigenvalue weighted by Gasteiger charge is -2.21. The van der Waals surface area contributed by atoms with Gasteiger partial charge in [0.15, 0.2) is 5.82 Å². The minimum Gasteiger partial charge on any atom is -0.381 e. The van der Waals surface area contributed by atoms with E-state index in [0.29, 0.717) is 12.2 Å². The number of nitrogens with two attached hydrogens (primary N) is 1. The maximum absolute atomic E-state index is 12.7. The average molecular weight is 308 g/mol. The molecule has 0 radical (unpaired) electrons. The minimum atomic E-state index is -3.72. The maximum atomic E-state index is 12.7. The SMILES string of the molecule is CCn1cc(S(=O)(=O)N(C)c2ccc(C)cc2C)c(N)n1. The number of benzene rings is 1. The first-order valence-corrected chi connectivity index (χ1v) is 8.10. The number of nitrogens with zero attached hydrogens (tertiary/aromatic N) is 3. The molecule has 0 bridgehead atoms. The van der Waals surface area contributed by atoms with Crippen molar-refractivity contribution in [2.75, 3.05) is 17.1 Å². The smallest absolute Gasteiger partial charge is 0.269 e. The quantitative estimate of drug-likeness (QED) is 0.935. The monoisotopic (exact) mass is 308 g/mol. The molecule has 0 atom stereocenters. The molecule has 114 valence electrons. The van der Waals surface area contributed by atoms with Crippen LogP contribution in [-0.2, 0) is 16.6 Å². The van der Waals surface area contributed by atoms with Crippen LogP contribution in [0.1, 0.15) is 18.1 Å². The van der Waals surface area contributed by atoms with Crippen molar-refractivity contribution in [2.24, 2.45) is 0 Å². The van der Waals surface area contributed by atoms with Gasteiger partial charge in [0.1, 0.15) is 4.90 Å². The number of hydrogen-bond donors (Lipinski definition) is 1. The fourth-order valence-corrected chi connectivity index (χ4v) is 3.53. The summed E-state index contributed by atoms with van der Waals surface area (Å²) < 4.78 is 28.2. The van der Waals surface area contributed by atoms with E-state index in [2.05, 4.69) is 5.10 Å². The van der Waals surface area contributed by atoms with Crippen molar-refractivity contribution in [3.05, 3.63) is 35.5 Å². The molecule has 0 spiro atoms. The fraction of sp³-hybridized carbons (Fsp3) is 0.357. The van der Waals surface area contributed by atoms with E-state index in [-0.39, 0.29) is 10.7 Å². The van der Waals surface area contributed by atoms with Crippen LogP contribution < -0.4 is 10.0 Å². The summed E-state index contributed by atoms with van der Waals surface area (Å²) in [4.78, 5) is 0.0341. The first-order valence-electron chi connectivity index (χ1n) is 6.66. The molecule has 2 rings (SSSR count). The Labute approximate surface area is 125 Å². The Kier molecular flexibility index (Phi) is 3.95. The standard InChI is InChI=1S/C14H20N4O2S/c1-5-18-9-13(14(15)16-18)21(19,20)17(4)12-7-6-10(2)8-11(12)3/h6-9H,5H2,1-4H3,(H2,15,16). The van der Waals surface area contributed by atoms with Crippen molar-refractivity contribution in [1.82, 2.24) is 9.78 Å². The van der Waals surface area contributed by atoms with Crippen LogP contribution in [0.4, 0.5) is 11.5 Å². The molecule has 0 fully saturated rings. The Bertz CT molecular complexity index is 765. The predicted molar refractivity (Wildman–Crippen MR) is 83.8 cm³/mol. The molecule has 1 heterocycles. The molecule has 6 nitrogen and oxygen atoms in total. The van der Waals surface area contributed by atoms with Crippen molar-refractivity contribution in [3.8, 4) is 0 Å². The van der Waals surface area contributed by atoms with Gasteiger partial charge in [-0.1, -0.05) is 17.7 Å². The van der Waals surface area contributed by atoms with Gasteiger partial charge in [0, 0.05) is 19.8 Å². The van der Waals surface area contributed by atoms with E-state index in [9.17, 15) is 8.42 Å². The highest BCUT2D eigenvalue weighted by Crippen LogP contribution is 2.28. The Morgan fingerprint density at radius 3 is 2.52 bits per heavy atom. The van der Waals surface area contributed by atoms with Crippen molar-refractivity contribution in [2.45, 2.75) is 32.2 Å². The molecule has 0 saturated carbocycles. The van der Waals surface area contributed by atoms with Crippen LogP contribution in [0.2, 0.25) is 0 Å². The highest BCUT2D eigenvalue weighted by molar-refractivity contribution is 7.93. The number of hydrogen-bond acceptors (Lipinski definition) is 4. The molecular weight excluding hydrogens is 288 g/mol. The van der Waals surface area contributed by atoms with Gasteiger partial charge in [-0.15, -0.1) is 0 Å². The van der Waals surface area contributed by atoms with E-state index < -0.39 is 10.0 Å². The summed E-state index contributed by atoms with van der Waals surface area (Å²) in [6.45, 7) is 6.28. The zero-order valence-electron chi connectivity index (χ0n) is 12.7. The van der Waals surface area contributed by atoms with Crippen molar-refractivity contribution >= 4 is 21.5 Å². The zero-order valence-corrected chi connectivity index (χ0v) is 13.5. The summed E-state index contributed by atoms with van der Waals surface area (Å²) in [5.41, 5.74) is 8.35. The van der Waals surface area contributed by atoms with Gasteiger partial charge in [-0.3, -0.25) is 8.99 Å². The summed E-state index contributed by atoms with van der Waals surface area (Å²) >= 11 is 0. The van der Waals surface area contributed by atoms with E-state index in [1.54, 1.807) is 6.07 Å². The van der Waals surface area contributed by atoms with E-state index >= 15 is 0 Å². The van der Waals surface area contributed by atoms with Gasteiger partial charge in [-0.2, -0.15) is 5.10 Å². The van der Waals surface area contributed by atoms with Gasteiger partial charge in [0.2, 0.25) is 0 Å². The molecule has 1 aromatic carbocycles. The van der Waals surface area contributed by atoms with E-state index in [4.69, 9.17) is 5.73 Å². The van der Waals surface area contributed by atoms with Crippen molar-refractivity contribution < 1.29 is 8.42 Å². The van der Waals surface area contributed by atoms with Gasteiger partial charge in [0.25, 0.3) is 10.0 Å². The summed E-state index contributed by atoms with van der Waals surface area (Å²) in [6.07, 6.45) is 1.46. The largest absolute Gasteiger partial charge is 0.381 e. The van der Waals surface area contributed by atoms with Crippen molar-refractivity contribution in [1.29, 1.82) is 0 Å². The molecule has 7 heteroatoms. The lowest BCUT2D eigenvalue weighted by atomic mass is 10.1. The molecular formula is C14H20N4O2S. The van der Waals surface area contributed by atoms with Crippen LogP contribution >= 0.6 is 0 Å². The summed E-state index contributed by atoms with van der Waals surface area (Å²) in [5.74, 6) is 0.0217. The Balaban J connectivity index is 2.49. The number of sulfonamides is 1. The molecule has 0 saturated heterocycles. The topological polar surface area (TPSA) is 81.2 Å². The predicted octanol–water partition coefficient (Wildman–Crippen LogP) is 1.93. The fourth-order valence-electron chi connectivity index (χ4n) is 2.21. The second kappa shape index (κ2) is 5.40. The minimum absolute atomic E-state index is 0.0217.